The van der Waals surface area contributed by atoms with Crippen molar-refractivity contribution >= 4 is 6.29 Å². The number of ether oxygens (including phenoxy) is 2. The van der Waals surface area contributed by atoms with Crippen molar-refractivity contribution in [1.29, 1.82) is 0 Å². The molecule has 1 aliphatic heterocycles. The van der Waals surface area contributed by atoms with Crippen molar-refractivity contribution in [3.63, 3.8) is 0 Å². The molecule has 1 aromatic carbocycles. The zero-order valence-corrected chi connectivity index (χ0v) is 9.88. The summed E-state index contributed by atoms with van der Waals surface area (Å²) in [6, 6.07) is 9.90. The monoisotopic (exact) mass is 234 g/mol. The Morgan fingerprint density at radius 3 is 2.82 bits per heavy atom. The van der Waals surface area contributed by atoms with Crippen LogP contribution in [-0.2, 0) is 20.7 Å². The highest BCUT2D eigenvalue weighted by Gasteiger charge is 2.19. The molecule has 17 heavy (non-hydrogen) atoms. The van der Waals surface area contributed by atoms with Crippen LogP contribution >= 0.6 is 0 Å². The van der Waals surface area contributed by atoms with Crippen LogP contribution in [0.3, 0.4) is 0 Å². The largest absolute Gasteiger partial charge is 0.353 e. The molecule has 3 nitrogen and oxygen atoms in total. The summed E-state index contributed by atoms with van der Waals surface area (Å²) >= 11 is 0. The summed E-state index contributed by atoms with van der Waals surface area (Å²) in [6.07, 6.45) is 3.96. The standard InChI is InChI=1S/C14H18O3/c15-11-13(10-12-6-2-1-3-7-12)17-14-8-4-5-9-16-14/h1-3,6-7,11,13-14H,4-5,8-10H2. The average molecular weight is 234 g/mol. The highest BCUT2D eigenvalue weighted by Crippen LogP contribution is 2.16. The number of carbonyl (C=O) groups is 1. The lowest BCUT2D eigenvalue weighted by Gasteiger charge is -2.25. The molecule has 1 fully saturated rings. The Hall–Kier alpha value is -1.19. The second kappa shape index (κ2) is 6.52. The van der Waals surface area contributed by atoms with Crippen LogP contribution in [0.2, 0.25) is 0 Å². The molecular weight excluding hydrogens is 216 g/mol. The molecular formula is C14H18O3. The van der Waals surface area contributed by atoms with Crippen molar-refractivity contribution in [2.24, 2.45) is 0 Å². The SMILES string of the molecule is O=CC(Cc1ccccc1)OC1CCCCO1. The van der Waals surface area contributed by atoms with Crippen molar-refractivity contribution < 1.29 is 14.3 Å². The number of benzene rings is 1. The summed E-state index contributed by atoms with van der Waals surface area (Å²) < 4.78 is 11.1. The van der Waals surface area contributed by atoms with Crippen LogP contribution in [0.4, 0.5) is 0 Å². The fourth-order valence-electron chi connectivity index (χ4n) is 1.99. The van der Waals surface area contributed by atoms with Gasteiger partial charge < -0.3 is 14.3 Å². The van der Waals surface area contributed by atoms with Crippen LogP contribution in [0, 0.1) is 0 Å². The van der Waals surface area contributed by atoms with Crippen molar-refractivity contribution in [3.05, 3.63) is 35.9 Å². The van der Waals surface area contributed by atoms with Gasteiger partial charge >= 0.3 is 0 Å². The average Bonchev–Trinajstić information content (AvgIpc) is 2.40. The lowest BCUT2D eigenvalue weighted by atomic mass is 10.1. The second-order valence-electron chi connectivity index (χ2n) is 4.30. The molecule has 2 rings (SSSR count). The molecule has 1 aromatic rings. The van der Waals surface area contributed by atoms with Gasteiger partial charge in [0.05, 0.1) is 0 Å². The Balaban J connectivity index is 1.86. The summed E-state index contributed by atoms with van der Waals surface area (Å²) in [5.74, 6) is 0. The lowest BCUT2D eigenvalue weighted by molar-refractivity contribution is -0.186. The molecule has 0 radical (unpaired) electrons. The number of hydrogen-bond donors (Lipinski definition) is 0. The third-order valence-corrected chi connectivity index (χ3v) is 2.90. The Bertz CT molecular complexity index is 331. The minimum absolute atomic E-state index is 0.206. The zero-order chi connectivity index (χ0) is 11.9. The number of rotatable bonds is 5. The molecule has 1 aliphatic rings. The summed E-state index contributed by atoms with van der Waals surface area (Å²) in [5, 5.41) is 0. The van der Waals surface area contributed by atoms with E-state index in [2.05, 4.69) is 0 Å². The second-order valence-corrected chi connectivity index (χ2v) is 4.30. The number of hydrogen-bond acceptors (Lipinski definition) is 3. The van der Waals surface area contributed by atoms with Gasteiger partial charge in [-0.3, -0.25) is 0 Å². The van der Waals surface area contributed by atoms with Crippen molar-refractivity contribution in [3.8, 4) is 0 Å². The first kappa shape index (κ1) is 12.3. The summed E-state index contributed by atoms with van der Waals surface area (Å²) in [6.45, 7) is 0.738. The van der Waals surface area contributed by atoms with E-state index in [1.165, 1.54) is 0 Å². The molecule has 0 spiro atoms. The van der Waals surface area contributed by atoms with E-state index < -0.39 is 6.10 Å². The smallest absolute Gasteiger partial charge is 0.158 e. The maximum Gasteiger partial charge on any atom is 0.158 e. The Kier molecular flexibility index (Phi) is 4.71. The predicted octanol–water partition coefficient (Wildman–Crippen LogP) is 2.34. The molecule has 3 heteroatoms. The molecule has 1 heterocycles. The minimum Gasteiger partial charge on any atom is -0.353 e. The molecule has 92 valence electrons. The van der Waals surface area contributed by atoms with Crippen molar-refractivity contribution in [2.75, 3.05) is 6.61 Å². The van der Waals surface area contributed by atoms with Gasteiger partial charge in [0.1, 0.15) is 12.4 Å². The van der Waals surface area contributed by atoms with Crippen LogP contribution in [0.15, 0.2) is 30.3 Å². The van der Waals surface area contributed by atoms with Gasteiger partial charge in [0, 0.05) is 13.0 Å². The Morgan fingerprint density at radius 2 is 2.18 bits per heavy atom. The highest BCUT2D eigenvalue weighted by molar-refractivity contribution is 5.56. The minimum atomic E-state index is -0.402. The lowest BCUT2D eigenvalue weighted by Crippen LogP contribution is -2.30. The predicted molar refractivity (Wildman–Crippen MR) is 64.7 cm³/mol. The molecule has 0 N–H and O–H groups in total. The Morgan fingerprint density at radius 1 is 1.35 bits per heavy atom. The maximum atomic E-state index is 11.0. The van der Waals surface area contributed by atoms with Gasteiger partial charge in [0.25, 0.3) is 0 Å². The summed E-state index contributed by atoms with van der Waals surface area (Å²) in [4.78, 5) is 11.0. The molecule has 0 saturated carbocycles. The highest BCUT2D eigenvalue weighted by atomic mass is 16.7. The van der Waals surface area contributed by atoms with Crippen LogP contribution in [0.1, 0.15) is 24.8 Å². The van der Waals surface area contributed by atoms with Gasteiger partial charge in [-0.1, -0.05) is 30.3 Å². The Labute approximate surface area is 102 Å². The molecule has 0 aromatic heterocycles. The van der Waals surface area contributed by atoms with Crippen LogP contribution in [0.25, 0.3) is 0 Å². The topological polar surface area (TPSA) is 35.5 Å². The molecule has 2 unspecified atom stereocenters. The van der Waals surface area contributed by atoms with Crippen LogP contribution in [0.5, 0.6) is 0 Å². The first-order valence-electron chi connectivity index (χ1n) is 6.15. The van der Waals surface area contributed by atoms with Gasteiger partial charge in [-0.05, 0) is 24.8 Å². The van der Waals surface area contributed by atoms with E-state index >= 15 is 0 Å². The van der Waals surface area contributed by atoms with Gasteiger partial charge in [0.2, 0.25) is 0 Å². The fourth-order valence-corrected chi connectivity index (χ4v) is 1.99. The van der Waals surface area contributed by atoms with Gasteiger partial charge in [-0.2, -0.15) is 0 Å². The van der Waals surface area contributed by atoms with Crippen LogP contribution in [-0.4, -0.2) is 25.3 Å². The first-order valence-corrected chi connectivity index (χ1v) is 6.15. The van der Waals surface area contributed by atoms with E-state index in [0.717, 1.165) is 37.7 Å². The maximum absolute atomic E-state index is 11.0. The third kappa shape index (κ3) is 3.95. The van der Waals surface area contributed by atoms with Gasteiger partial charge in [-0.25, -0.2) is 0 Å². The van der Waals surface area contributed by atoms with Gasteiger partial charge in [-0.15, -0.1) is 0 Å². The van der Waals surface area contributed by atoms with Crippen molar-refractivity contribution in [2.45, 2.75) is 38.1 Å². The van der Waals surface area contributed by atoms with Gasteiger partial charge in [0.15, 0.2) is 6.29 Å². The zero-order valence-electron chi connectivity index (χ0n) is 9.88. The molecule has 0 amide bonds. The summed E-state index contributed by atoms with van der Waals surface area (Å²) in [7, 11) is 0. The molecule has 0 bridgehead atoms. The quantitative estimate of drug-likeness (QED) is 0.733. The van der Waals surface area contributed by atoms with E-state index in [9.17, 15) is 4.79 Å². The van der Waals surface area contributed by atoms with E-state index in [-0.39, 0.29) is 6.29 Å². The molecule has 1 saturated heterocycles. The third-order valence-electron chi connectivity index (χ3n) is 2.90. The number of aldehydes is 1. The first-order chi connectivity index (χ1) is 8.38. The normalized spacial score (nSPS) is 22.0. The molecule has 0 aliphatic carbocycles. The number of carbonyl (C=O) groups excluding carboxylic acids is 1. The van der Waals surface area contributed by atoms with Crippen LogP contribution < -0.4 is 0 Å². The van der Waals surface area contributed by atoms with E-state index in [1.54, 1.807) is 0 Å². The summed E-state index contributed by atoms with van der Waals surface area (Å²) in [5.41, 5.74) is 1.11. The molecule has 2 atom stereocenters. The fraction of sp³-hybridized carbons (Fsp3) is 0.500. The van der Waals surface area contributed by atoms with Crippen molar-refractivity contribution in [1.82, 2.24) is 0 Å². The van der Waals surface area contributed by atoms with E-state index in [0.29, 0.717) is 6.42 Å². The van der Waals surface area contributed by atoms with E-state index in [1.807, 2.05) is 30.3 Å². The van der Waals surface area contributed by atoms with E-state index in [4.69, 9.17) is 9.47 Å².